The number of hydrogen-bond donors (Lipinski definition) is 0. The topological polar surface area (TPSA) is 129 Å². The number of aryl methyl sites for hydroxylation is 1. The second-order valence-electron chi connectivity index (χ2n) is 13.0. The van der Waals surface area contributed by atoms with Crippen molar-refractivity contribution in [1.82, 2.24) is 24.4 Å². The van der Waals surface area contributed by atoms with Crippen molar-refractivity contribution >= 4 is 40.5 Å². The van der Waals surface area contributed by atoms with E-state index in [4.69, 9.17) is 30.8 Å². The molecule has 1 aliphatic heterocycles. The Morgan fingerprint density at radius 2 is 1.83 bits per heavy atom. The molecule has 0 unspecified atom stereocenters. The Kier molecular flexibility index (Phi) is 9.95. The van der Waals surface area contributed by atoms with Crippen molar-refractivity contribution in [2.45, 2.75) is 66.0 Å². The average Bonchev–Trinajstić information content (AvgIpc) is 3.02. The number of ether oxygens (including phenoxy) is 3. The number of rotatable bonds is 7. The number of fused-ring (bicyclic) bond motifs is 1. The van der Waals surface area contributed by atoms with E-state index in [0.717, 1.165) is 11.3 Å². The van der Waals surface area contributed by atoms with Crippen LogP contribution in [0.2, 0.25) is 5.02 Å². The van der Waals surface area contributed by atoms with Gasteiger partial charge in [0.15, 0.2) is 5.65 Å². The molecule has 48 heavy (non-hydrogen) atoms. The monoisotopic (exact) mass is 676 g/mol. The van der Waals surface area contributed by atoms with Gasteiger partial charge in [0.25, 0.3) is 0 Å². The standard InChI is InChI=1S/C35H41ClN6O6/c1-20(2)28-30(21(3)13-14-37-28)42-32-25(17-26(36)29(38-32)24-11-9-10-12-27(24)46-8)31(39-33(42)44)40-15-16-41(34(45)48-35(5,6)7)23(18-40)19-47-22(4)43/h9-14,17,20,23H,15-16,18-19H2,1-8H3/t23-/m1/s1. The van der Waals surface area contributed by atoms with Gasteiger partial charge in [-0.1, -0.05) is 37.6 Å². The fourth-order valence-corrected chi connectivity index (χ4v) is 6.08. The second kappa shape index (κ2) is 13.8. The van der Waals surface area contributed by atoms with Crippen molar-refractivity contribution in [2.75, 3.05) is 38.3 Å². The first kappa shape index (κ1) is 34.6. The van der Waals surface area contributed by atoms with Crippen LogP contribution in [-0.2, 0) is 14.3 Å². The zero-order valence-corrected chi connectivity index (χ0v) is 29.3. The van der Waals surface area contributed by atoms with Crippen molar-refractivity contribution in [1.29, 1.82) is 0 Å². The molecule has 4 aromatic rings. The van der Waals surface area contributed by atoms with Gasteiger partial charge in [0, 0.05) is 38.3 Å². The highest BCUT2D eigenvalue weighted by Crippen LogP contribution is 2.38. The summed E-state index contributed by atoms with van der Waals surface area (Å²) in [6.07, 6.45) is 1.20. The smallest absolute Gasteiger partial charge is 0.410 e. The number of esters is 1. The summed E-state index contributed by atoms with van der Waals surface area (Å²) >= 11 is 6.98. The van der Waals surface area contributed by atoms with Gasteiger partial charge in [-0.25, -0.2) is 19.1 Å². The number of pyridine rings is 2. The lowest BCUT2D eigenvalue weighted by atomic mass is 10.0. The molecule has 5 rings (SSSR count). The van der Waals surface area contributed by atoms with Crippen LogP contribution < -0.4 is 15.3 Å². The van der Waals surface area contributed by atoms with Gasteiger partial charge in [-0.05, 0) is 63.4 Å². The van der Waals surface area contributed by atoms with E-state index in [1.54, 1.807) is 45.0 Å². The number of piperazine rings is 1. The van der Waals surface area contributed by atoms with Gasteiger partial charge in [0.2, 0.25) is 0 Å². The lowest BCUT2D eigenvalue weighted by Crippen LogP contribution is -2.58. The van der Waals surface area contributed by atoms with E-state index in [1.807, 2.05) is 56.0 Å². The lowest BCUT2D eigenvalue weighted by molar-refractivity contribution is -0.142. The molecule has 0 bridgehead atoms. The first-order valence-electron chi connectivity index (χ1n) is 15.8. The molecule has 0 N–H and O–H groups in total. The van der Waals surface area contributed by atoms with Crippen molar-refractivity contribution < 1.29 is 23.8 Å². The van der Waals surface area contributed by atoms with Crippen molar-refractivity contribution in [3.8, 4) is 22.7 Å². The summed E-state index contributed by atoms with van der Waals surface area (Å²) in [6, 6.07) is 10.4. The fourth-order valence-electron chi connectivity index (χ4n) is 5.83. The van der Waals surface area contributed by atoms with Gasteiger partial charge < -0.3 is 19.1 Å². The van der Waals surface area contributed by atoms with E-state index in [1.165, 1.54) is 11.5 Å². The van der Waals surface area contributed by atoms with Crippen LogP contribution in [0.15, 0.2) is 47.4 Å². The summed E-state index contributed by atoms with van der Waals surface area (Å²) in [4.78, 5) is 57.0. The molecule has 0 radical (unpaired) electrons. The molecule has 3 aromatic heterocycles. The highest BCUT2D eigenvalue weighted by atomic mass is 35.5. The number of carbonyl (C=O) groups excluding carboxylic acids is 2. The molecule has 0 saturated carbocycles. The Morgan fingerprint density at radius 3 is 2.50 bits per heavy atom. The zero-order valence-electron chi connectivity index (χ0n) is 28.5. The number of anilines is 1. The van der Waals surface area contributed by atoms with E-state index < -0.39 is 29.4 Å². The maximum Gasteiger partial charge on any atom is 0.410 e. The summed E-state index contributed by atoms with van der Waals surface area (Å²) in [6.45, 7) is 13.3. The molecule has 0 spiro atoms. The van der Waals surface area contributed by atoms with E-state index in [0.29, 0.717) is 51.1 Å². The van der Waals surface area contributed by atoms with Crippen molar-refractivity contribution in [2.24, 2.45) is 0 Å². The largest absolute Gasteiger partial charge is 0.496 e. The normalized spacial score (nSPS) is 15.2. The van der Waals surface area contributed by atoms with Crippen LogP contribution in [0.5, 0.6) is 5.75 Å². The van der Waals surface area contributed by atoms with Crippen LogP contribution in [0, 0.1) is 6.92 Å². The predicted octanol–water partition coefficient (Wildman–Crippen LogP) is 5.93. The third-order valence-electron chi connectivity index (χ3n) is 7.98. The minimum Gasteiger partial charge on any atom is -0.496 e. The second-order valence-corrected chi connectivity index (χ2v) is 13.4. The van der Waals surface area contributed by atoms with Crippen molar-refractivity contribution in [3.63, 3.8) is 0 Å². The summed E-state index contributed by atoms with van der Waals surface area (Å²) < 4.78 is 18.1. The first-order valence-corrected chi connectivity index (χ1v) is 16.2. The number of aromatic nitrogens is 4. The molecule has 1 saturated heterocycles. The number of halogens is 1. The summed E-state index contributed by atoms with van der Waals surface area (Å²) in [5, 5.41) is 0.851. The minimum absolute atomic E-state index is 0.00881. The third kappa shape index (κ3) is 7.08. The fraction of sp³-hybridized carbons (Fsp3) is 0.429. The van der Waals surface area contributed by atoms with Crippen LogP contribution in [0.4, 0.5) is 10.6 Å². The van der Waals surface area contributed by atoms with E-state index >= 15 is 0 Å². The third-order valence-corrected chi connectivity index (χ3v) is 8.27. The van der Waals surface area contributed by atoms with E-state index in [9.17, 15) is 14.4 Å². The molecule has 4 heterocycles. The molecular weight excluding hydrogens is 636 g/mol. The molecule has 254 valence electrons. The van der Waals surface area contributed by atoms with Crippen LogP contribution in [0.3, 0.4) is 0 Å². The van der Waals surface area contributed by atoms with Crippen LogP contribution >= 0.6 is 11.6 Å². The number of para-hydroxylation sites is 1. The van der Waals surface area contributed by atoms with Gasteiger partial charge in [-0.15, -0.1) is 0 Å². The number of benzene rings is 1. The van der Waals surface area contributed by atoms with Gasteiger partial charge in [-0.2, -0.15) is 4.98 Å². The Morgan fingerprint density at radius 1 is 1.10 bits per heavy atom. The summed E-state index contributed by atoms with van der Waals surface area (Å²) in [5.74, 6) is 0.429. The van der Waals surface area contributed by atoms with Crippen LogP contribution in [-0.4, -0.2) is 81.5 Å². The highest BCUT2D eigenvalue weighted by Gasteiger charge is 2.36. The molecule has 0 aliphatic carbocycles. The molecule has 13 heteroatoms. The SMILES string of the molecule is COc1ccccc1-c1nc2c(cc1Cl)c(N1CCN(C(=O)OC(C)(C)C)[C@@H](COC(C)=O)C1)nc(=O)n2-c1c(C)ccnc1C(C)C. The Balaban J connectivity index is 1.73. The molecule has 1 atom stereocenters. The first-order chi connectivity index (χ1) is 22.7. The number of methoxy groups -OCH3 is 1. The average molecular weight is 677 g/mol. The minimum atomic E-state index is -0.719. The number of carbonyl (C=O) groups is 2. The van der Waals surface area contributed by atoms with Crippen LogP contribution in [0.1, 0.15) is 58.7 Å². The maximum absolute atomic E-state index is 14.3. The van der Waals surface area contributed by atoms with Gasteiger partial charge in [-0.3, -0.25) is 14.7 Å². The summed E-state index contributed by atoms with van der Waals surface area (Å²) in [7, 11) is 1.57. The molecular formula is C35H41ClN6O6. The Hall–Kier alpha value is -4.71. The number of amides is 1. The van der Waals surface area contributed by atoms with Gasteiger partial charge >= 0.3 is 17.8 Å². The Bertz CT molecular complexity index is 1920. The van der Waals surface area contributed by atoms with Gasteiger partial charge in [0.05, 0.1) is 40.6 Å². The molecule has 1 amide bonds. The van der Waals surface area contributed by atoms with E-state index in [-0.39, 0.29) is 25.6 Å². The van der Waals surface area contributed by atoms with Crippen LogP contribution in [0.25, 0.3) is 28.0 Å². The molecule has 1 fully saturated rings. The predicted molar refractivity (Wildman–Crippen MR) is 184 cm³/mol. The number of nitrogens with zero attached hydrogens (tertiary/aromatic N) is 6. The zero-order chi connectivity index (χ0) is 34.9. The molecule has 1 aromatic carbocycles. The maximum atomic E-state index is 14.3. The number of hydrogen-bond acceptors (Lipinski definition) is 10. The van der Waals surface area contributed by atoms with Gasteiger partial charge in [0.1, 0.15) is 23.8 Å². The molecule has 1 aliphatic rings. The van der Waals surface area contributed by atoms with Crippen molar-refractivity contribution in [3.05, 3.63) is 69.4 Å². The quantitative estimate of drug-likeness (QED) is 0.217. The lowest BCUT2D eigenvalue weighted by Gasteiger charge is -2.42. The van der Waals surface area contributed by atoms with E-state index in [2.05, 4.69) is 9.97 Å². The Labute approximate surface area is 284 Å². The molecule has 12 nitrogen and oxygen atoms in total. The summed E-state index contributed by atoms with van der Waals surface area (Å²) in [5.41, 5.74) is 2.30. The highest BCUT2D eigenvalue weighted by molar-refractivity contribution is 6.34.